The van der Waals surface area contributed by atoms with Crippen LogP contribution in [0.15, 0.2) is 0 Å². The first-order valence-corrected chi connectivity index (χ1v) is 7.28. The molecule has 10 nitrogen and oxygen atoms in total. The van der Waals surface area contributed by atoms with Crippen LogP contribution in [0, 0.1) is 0 Å². The summed E-state index contributed by atoms with van der Waals surface area (Å²) in [5, 5.41) is 35.3. The van der Waals surface area contributed by atoms with Crippen LogP contribution in [-0.2, 0) is 18.6 Å². The summed E-state index contributed by atoms with van der Waals surface area (Å²) >= 11 is 0. The van der Waals surface area contributed by atoms with Gasteiger partial charge in [0.15, 0.2) is 0 Å². The molecule has 0 aliphatic carbocycles. The van der Waals surface area contributed by atoms with Crippen molar-refractivity contribution in [2.75, 3.05) is 39.6 Å². The molecule has 0 heterocycles. The van der Waals surface area contributed by atoms with E-state index in [2.05, 4.69) is 4.52 Å². The molecule has 0 aromatic carbocycles. The van der Waals surface area contributed by atoms with Gasteiger partial charge in [-0.3, -0.25) is 4.52 Å². The van der Waals surface area contributed by atoms with Crippen molar-refractivity contribution in [3.05, 3.63) is 0 Å². The number of hydrogen-bond acceptors (Lipinski definition) is 8. The molecule has 0 aliphatic rings. The summed E-state index contributed by atoms with van der Waals surface area (Å²) in [6.45, 7) is -2.19. The lowest BCUT2D eigenvalue weighted by Gasteiger charge is -2.20. The predicted octanol–water partition coefficient (Wildman–Crippen LogP) is -2.80. The van der Waals surface area contributed by atoms with Gasteiger partial charge >= 0.3 is 7.82 Å². The molecule has 0 saturated carbocycles. The summed E-state index contributed by atoms with van der Waals surface area (Å²) in [5.41, 5.74) is 0. The fourth-order valence-electron chi connectivity index (χ4n) is 1.01. The average Bonchev–Trinajstić information content (AvgIpc) is 2.39. The van der Waals surface area contributed by atoms with Crippen LogP contribution in [0.1, 0.15) is 0 Å². The maximum atomic E-state index is 10.6. The summed E-state index contributed by atoms with van der Waals surface area (Å²) < 4.78 is 24.8. The lowest BCUT2D eigenvalue weighted by Crippen LogP contribution is -2.32. The van der Waals surface area contributed by atoms with Crippen molar-refractivity contribution in [1.29, 1.82) is 0 Å². The van der Waals surface area contributed by atoms with Crippen molar-refractivity contribution in [1.82, 2.24) is 0 Å². The van der Waals surface area contributed by atoms with Gasteiger partial charge in [0.25, 0.3) is 0 Å². The zero-order chi connectivity index (χ0) is 15.6. The van der Waals surface area contributed by atoms with E-state index in [1.807, 2.05) is 0 Å². The highest BCUT2D eigenvalue weighted by Gasteiger charge is 2.20. The standard InChI is InChI=1S/C9H21O10P/c10-1-7(12)3-17-5-9(6-19-20(14,15)16)18-4-8(13)2-11/h7-13H,1-6H2,(H2,14,15,16). The highest BCUT2D eigenvalue weighted by Crippen LogP contribution is 2.35. The largest absolute Gasteiger partial charge is 0.469 e. The third-order valence-corrected chi connectivity index (χ3v) is 2.47. The Hall–Kier alpha value is -0.130. The molecule has 0 bridgehead atoms. The number of phosphoric acid groups is 1. The number of aliphatic hydroxyl groups is 4. The Morgan fingerprint density at radius 3 is 1.95 bits per heavy atom. The second-order valence-electron chi connectivity index (χ2n) is 3.95. The normalized spacial score (nSPS) is 16.9. The summed E-state index contributed by atoms with van der Waals surface area (Å²) in [5.74, 6) is 0. The maximum absolute atomic E-state index is 10.6. The van der Waals surface area contributed by atoms with Gasteiger partial charge in [-0.1, -0.05) is 0 Å². The average molecular weight is 320 g/mol. The second-order valence-corrected chi connectivity index (χ2v) is 5.19. The molecule has 0 spiro atoms. The van der Waals surface area contributed by atoms with Gasteiger partial charge < -0.3 is 39.7 Å². The van der Waals surface area contributed by atoms with E-state index in [1.54, 1.807) is 0 Å². The van der Waals surface area contributed by atoms with E-state index in [0.717, 1.165) is 0 Å². The van der Waals surface area contributed by atoms with Crippen molar-refractivity contribution in [3.8, 4) is 0 Å². The molecular formula is C9H21O10P. The number of hydrogen-bond donors (Lipinski definition) is 6. The minimum absolute atomic E-state index is 0.185. The van der Waals surface area contributed by atoms with Crippen molar-refractivity contribution in [2.45, 2.75) is 18.3 Å². The molecule has 20 heavy (non-hydrogen) atoms. The topological polar surface area (TPSA) is 166 Å². The molecule has 0 fully saturated rings. The number of phosphoric ester groups is 1. The van der Waals surface area contributed by atoms with Crippen LogP contribution in [0.4, 0.5) is 0 Å². The smallest absolute Gasteiger partial charge is 0.394 e. The zero-order valence-corrected chi connectivity index (χ0v) is 11.6. The van der Waals surface area contributed by atoms with Gasteiger partial charge in [-0.05, 0) is 0 Å². The van der Waals surface area contributed by atoms with Crippen LogP contribution in [0.2, 0.25) is 0 Å². The first-order valence-electron chi connectivity index (χ1n) is 5.75. The van der Waals surface area contributed by atoms with Crippen LogP contribution >= 0.6 is 7.82 Å². The summed E-state index contributed by atoms with van der Waals surface area (Å²) in [7, 11) is -4.67. The van der Waals surface area contributed by atoms with E-state index in [4.69, 9.17) is 39.7 Å². The lowest BCUT2D eigenvalue weighted by molar-refractivity contribution is -0.0867. The predicted molar refractivity (Wildman–Crippen MR) is 64.7 cm³/mol. The maximum Gasteiger partial charge on any atom is 0.469 e. The second kappa shape index (κ2) is 10.6. The SMILES string of the molecule is O=P(O)(O)OCC(COCC(O)CO)OCC(O)CO. The molecule has 0 aromatic heterocycles. The molecule has 3 atom stereocenters. The fourth-order valence-corrected chi connectivity index (χ4v) is 1.37. The van der Waals surface area contributed by atoms with Crippen LogP contribution in [0.3, 0.4) is 0 Å². The van der Waals surface area contributed by atoms with Crippen molar-refractivity contribution < 1.29 is 48.8 Å². The summed E-state index contributed by atoms with van der Waals surface area (Å²) in [4.78, 5) is 17.1. The van der Waals surface area contributed by atoms with E-state index < -0.39 is 46.0 Å². The van der Waals surface area contributed by atoms with Gasteiger partial charge in [-0.25, -0.2) is 4.57 Å². The van der Waals surface area contributed by atoms with Crippen LogP contribution < -0.4 is 0 Å². The van der Waals surface area contributed by atoms with Crippen molar-refractivity contribution >= 4 is 7.82 Å². The third kappa shape index (κ3) is 11.7. The summed E-state index contributed by atoms with van der Waals surface area (Å²) in [6, 6.07) is 0. The first kappa shape index (κ1) is 19.9. The number of ether oxygens (including phenoxy) is 2. The quantitative estimate of drug-likeness (QED) is 0.207. The molecule has 11 heteroatoms. The van der Waals surface area contributed by atoms with Gasteiger partial charge in [0.2, 0.25) is 0 Å². The van der Waals surface area contributed by atoms with Crippen LogP contribution in [0.25, 0.3) is 0 Å². The minimum atomic E-state index is -4.67. The van der Waals surface area contributed by atoms with E-state index >= 15 is 0 Å². The highest BCUT2D eigenvalue weighted by molar-refractivity contribution is 7.46. The monoisotopic (exact) mass is 320 g/mol. The van der Waals surface area contributed by atoms with Crippen LogP contribution in [0.5, 0.6) is 0 Å². The Morgan fingerprint density at radius 2 is 1.45 bits per heavy atom. The Labute approximate surface area is 115 Å². The Morgan fingerprint density at radius 1 is 0.900 bits per heavy atom. The van der Waals surface area contributed by atoms with Crippen molar-refractivity contribution in [2.24, 2.45) is 0 Å². The van der Waals surface area contributed by atoms with E-state index in [1.165, 1.54) is 0 Å². The van der Waals surface area contributed by atoms with Gasteiger partial charge in [0.05, 0.1) is 39.6 Å². The minimum Gasteiger partial charge on any atom is -0.394 e. The Balaban J connectivity index is 4.13. The third-order valence-electron chi connectivity index (χ3n) is 1.99. The van der Waals surface area contributed by atoms with Gasteiger partial charge in [-0.15, -0.1) is 0 Å². The molecule has 3 unspecified atom stereocenters. The Kier molecular flexibility index (Phi) is 10.5. The summed E-state index contributed by atoms with van der Waals surface area (Å²) in [6.07, 6.45) is -3.15. The fraction of sp³-hybridized carbons (Fsp3) is 1.00. The number of aliphatic hydroxyl groups excluding tert-OH is 4. The van der Waals surface area contributed by atoms with Gasteiger partial charge in [0.1, 0.15) is 18.3 Å². The van der Waals surface area contributed by atoms with E-state index in [0.29, 0.717) is 0 Å². The zero-order valence-electron chi connectivity index (χ0n) is 10.7. The first-order chi connectivity index (χ1) is 9.28. The molecule has 6 N–H and O–H groups in total. The van der Waals surface area contributed by atoms with E-state index in [-0.39, 0.29) is 19.8 Å². The van der Waals surface area contributed by atoms with E-state index in [9.17, 15) is 4.57 Å². The molecule has 0 saturated heterocycles. The van der Waals surface area contributed by atoms with Gasteiger partial charge in [-0.2, -0.15) is 0 Å². The lowest BCUT2D eigenvalue weighted by atomic mass is 10.3. The number of rotatable bonds is 12. The van der Waals surface area contributed by atoms with Crippen molar-refractivity contribution in [3.63, 3.8) is 0 Å². The molecule has 0 aliphatic heterocycles. The molecule has 0 aromatic rings. The molecular weight excluding hydrogens is 299 g/mol. The Bertz CT molecular complexity index is 282. The molecule has 0 amide bonds. The molecule has 122 valence electrons. The van der Waals surface area contributed by atoms with Gasteiger partial charge in [0, 0.05) is 0 Å². The van der Waals surface area contributed by atoms with Crippen LogP contribution in [-0.4, -0.2) is 88.2 Å². The molecule has 0 radical (unpaired) electrons. The molecule has 0 rings (SSSR count). The highest BCUT2D eigenvalue weighted by atomic mass is 31.2.